The van der Waals surface area contributed by atoms with Crippen LogP contribution in [-0.2, 0) is 0 Å². The lowest BCUT2D eigenvalue weighted by Gasteiger charge is -2.24. The van der Waals surface area contributed by atoms with Gasteiger partial charge in [-0.15, -0.1) is 0 Å². The fraction of sp³-hybridized carbons (Fsp3) is 0.500. The molecule has 0 unspecified atom stereocenters. The quantitative estimate of drug-likeness (QED) is 0.882. The number of furan rings is 1. The third-order valence-electron chi connectivity index (χ3n) is 3.72. The average molecular weight is 290 g/mol. The zero-order valence-electron chi connectivity index (χ0n) is 12.9. The normalized spacial score (nSPS) is 11.6. The van der Waals surface area contributed by atoms with Crippen molar-refractivity contribution in [3.05, 3.63) is 30.2 Å². The van der Waals surface area contributed by atoms with Crippen molar-refractivity contribution in [2.45, 2.75) is 27.7 Å². The van der Waals surface area contributed by atoms with Gasteiger partial charge in [-0.05, 0) is 29.9 Å². The Morgan fingerprint density at radius 3 is 2.52 bits per heavy atom. The maximum atomic E-state index is 12.1. The fourth-order valence-corrected chi connectivity index (χ4v) is 2.46. The van der Waals surface area contributed by atoms with E-state index in [1.807, 2.05) is 0 Å². The number of aromatic nitrogens is 1. The highest BCUT2D eigenvalue weighted by molar-refractivity contribution is 5.92. The maximum absolute atomic E-state index is 12.1. The molecule has 0 spiro atoms. The summed E-state index contributed by atoms with van der Waals surface area (Å²) in [4.78, 5) is 12.1. The van der Waals surface area contributed by atoms with Crippen molar-refractivity contribution in [1.29, 1.82) is 0 Å². The van der Waals surface area contributed by atoms with E-state index < -0.39 is 0 Å². The van der Waals surface area contributed by atoms with Crippen LogP contribution in [-0.4, -0.2) is 17.6 Å². The van der Waals surface area contributed by atoms with Gasteiger partial charge in [0.25, 0.3) is 5.91 Å². The lowest BCUT2D eigenvalue weighted by molar-refractivity contribution is 0.0928. The Balaban J connectivity index is 1.98. The first kappa shape index (κ1) is 15.4. The van der Waals surface area contributed by atoms with E-state index in [-0.39, 0.29) is 11.6 Å². The summed E-state index contributed by atoms with van der Waals surface area (Å²) in [6.07, 6.45) is 1.55. The summed E-state index contributed by atoms with van der Waals surface area (Å²) >= 11 is 0. The monoisotopic (exact) mass is 290 g/mol. The van der Waals surface area contributed by atoms with E-state index in [9.17, 15) is 4.79 Å². The van der Waals surface area contributed by atoms with Gasteiger partial charge >= 0.3 is 0 Å². The number of nitrogens with one attached hydrogen (secondary N) is 1. The van der Waals surface area contributed by atoms with E-state index in [0.29, 0.717) is 35.8 Å². The Kier molecular flexibility index (Phi) is 4.83. The minimum atomic E-state index is -0.220. The molecule has 0 aromatic carbocycles. The molecule has 2 aromatic heterocycles. The third-order valence-corrected chi connectivity index (χ3v) is 3.72. The fourth-order valence-electron chi connectivity index (χ4n) is 2.46. The van der Waals surface area contributed by atoms with Crippen molar-refractivity contribution in [1.82, 2.24) is 10.5 Å². The molecular weight excluding hydrogens is 268 g/mol. The molecule has 0 aliphatic rings. The predicted molar refractivity (Wildman–Crippen MR) is 79.7 cm³/mol. The Morgan fingerprint density at radius 1 is 1.24 bits per heavy atom. The molecule has 2 rings (SSSR count). The van der Waals surface area contributed by atoms with E-state index >= 15 is 0 Å². The number of rotatable bonds is 6. The van der Waals surface area contributed by atoms with Crippen molar-refractivity contribution in [2.24, 2.45) is 17.8 Å². The van der Waals surface area contributed by atoms with Gasteiger partial charge < -0.3 is 14.3 Å². The molecule has 0 aliphatic carbocycles. The van der Waals surface area contributed by atoms with Crippen LogP contribution >= 0.6 is 0 Å². The zero-order valence-corrected chi connectivity index (χ0v) is 12.9. The molecule has 5 heteroatoms. The van der Waals surface area contributed by atoms with Gasteiger partial charge in [0.15, 0.2) is 11.5 Å². The lowest BCUT2D eigenvalue weighted by atomic mass is 9.85. The number of amides is 1. The number of carbonyl (C=O) groups is 1. The summed E-state index contributed by atoms with van der Waals surface area (Å²) in [6.45, 7) is 9.31. The van der Waals surface area contributed by atoms with Crippen LogP contribution < -0.4 is 5.32 Å². The van der Waals surface area contributed by atoms with E-state index in [2.05, 4.69) is 38.2 Å². The first-order chi connectivity index (χ1) is 9.99. The molecule has 0 bridgehead atoms. The highest BCUT2D eigenvalue weighted by atomic mass is 16.5. The van der Waals surface area contributed by atoms with E-state index in [1.54, 1.807) is 24.5 Å². The summed E-state index contributed by atoms with van der Waals surface area (Å²) in [5, 5.41) is 6.72. The molecule has 2 heterocycles. The van der Waals surface area contributed by atoms with E-state index in [1.165, 1.54) is 0 Å². The minimum absolute atomic E-state index is 0.220. The summed E-state index contributed by atoms with van der Waals surface area (Å²) in [5.74, 6) is 2.26. The van der Waals surface area contributed by atoms with Crippen LogP contribution in [0.4, 0.5) is 0 Å². The van der Waals surface area contributed by atoms with Gasteiger partial charge in [0, 0.05) is 12.6 Å². The summed E-state index contributed by atoms with van der Waals surface area (Å²) in [7, 11) is 0. The standard InChI is InChI=1S/C16H22N2O3/c1-10(2)12(11(3)4)9-17-16(19)13-8-15(21-18-13)14-6-5-7-20-14/h5-8,10-12H,9H2,1-4H3,(H,17,19). The van der Waals surface area contributed by atoms with Crippen molar-refractivity contribution < 1.29 is 13.7 Å². The molecule has 0 saturated carbocycles. The molecule has 0 aliphatic heterocycles. The van der Waals surface area contributed by atoms with Gasteiger partial charge in [0.05, 0.1) is 6.26 Å². The first-order valence-electron chi connectivity index (χ1n) is 7.27. The topological polar surface area (TPSA) is 68.3 Å². The zero-order chi connectivity index (χ0) is 15.4. The lowest BCUT2D eigenvalue weighted by Crippen LogP contribution is -2.34. The van der Waals surface area contributed by atoms with Gasteiger partial charge in [-0.25, -0.2) is 0 Å². The van der Waals surface area contributed by atoms with Gasteiger partial charge in [-0.1, -0.05) is 32.9 Å². The van der Waals surface area contributed by atoms with E-state index in [4.69, 9.17) is 8.94 Å². The molecule has 0 fully saturated rings. The maximum Gasteiger partial charge on any atom is 0.273 e. The second-order valence-corrected chi connectivity index (χ2v) is 5.92. The van der Waals surface area contributed by atoms with Crippen LogP contribution in [0.1, 0.15) is 38.2 Å². The largest absolute Gasteiger partial charge is 0.461 e. The van der Waals surface area contributed by atoms with Crippen LogP contribution in [0.2, 0.25) is 0 Å². The second-order valence-electron chi connectivity index (χ2n) is 5.92. The Hall–Kier alpha value is -2.04. The number of carbonyl (C=O) groups excluding carboxylic acids is 1. The molecule has 114 valence electrons. The SMILES string of the molecule is CC(C)C(CNC(=O)c1cc(-c2ccco2)on1)C(C)C. The van der Waals surface area contributed by atoms with Crippen LogP contribution in [0.25, 0.3) is 11.5 Å². The van der Waals surface area contributed by atoms with Crippen LogP contribution in [0, 0.1) is 17.8 Å². The Bertz CT molecular complexity index is 562. The molecule has 0 radical (unpaired) electrons. The van der Waals surface area contributed by atoms with Crippen molar-refractivity contribution in [3.8, 4) is 11.5 Å². The van der Waals surface area contributed by atoms with Crippen molar-refractivity contribution in [2.75, 3.05) is 6.54 Å². The predicted octanol–water partition coefficient (Wildman–Crippen LogP) is 3.59. The third kappa shape index (κ3) is 3.74. The molecule has 1 amide bonds. The van der Waals surface area contributed by atoms with Crippen LogP contribution in [0.3, 0.4) is 0 Å². The second kappa shape index (κ2) is 6.61. The molecule has 21 heavy (non-hydrogen) atoms. The summed E-state index contributed by atoms with van der Waals surface area (Å²) in [6, 6.07) is 5.11. The van der Waals surface area contributed by atoms with Gasteiger partial charge in [0.1, 0.15) is 0 Å². The smallest absolute Gasteiger partial charge is 0.273 e. The summed E-state index contributed by atoms with van der Waals surface area (Å²) < 4.78 is 10.3. The van der Waals surface area contributed by atoms with Crippen molar-refractivity contribution in [3.63, 3.8) is 0 Å². The van der Waals surface area contributed by atoms with Crippen molar-refractivity contribution >= 4 is 5.91 Å². The average Bonchev–Trinajstić information content (AvgIpc) is 3.08. The Morgan fingerprint density at radius 2 is 1.95 bits per heavy atom. The molecule has 5 nitrogen and oxygen atoms in total. The summed E-state index contributed by atoms with van der Waals surface area (Å²) in [5.41, 5.74) is 0.271. The minimum Gasteiger partial charge on any atom is -0.461 e. The van der Waals surface area contributed by atoms with Gasteiger partial charge in [-0.2, -0.15) is 0 Å². The molecule has 2 aromatic rings. The Labute approximate surface area is 124 Å². The molecule has 0 atom stereocenters. The van der Waals surface area contributed by atoms with Crippen LogP contribution in [0.5, 0.6) is 0 Å². The molecule has 0 saturated heterocycles. The van der Waals surface area contributed by atoms with E-state index in [0.717, 1.165) is 0 Å². The molecular formula is C16H22N2O3. The van der Waals surface area contributed by atoms with Gasteiger partial charge in [-0.3, -0.25) is 4.79 Å². The first-order valence-corrected chi connectivity index (χ1v) is 7.27. The van der Waals surface area contributed by atoms with Gasteiger partial charge in [0.2, 0.25) is 5.76 Å². The van der Waals surface area contributed by atoms with Crippen LogP contribution in [0.15, 0.2) is 33.4 Å². The number of nitrogens with zero attached hydrogens (tertiary/aromatic N) is 1. The highest BCUT2D eigenvalue weighted by Crippen LogP contribution is 2.21. The molecule has 1 N–H and O–H groups in total. The number of hydrogen-bond donors (Lipinski definition) is 1. The number of hydrogen-bond acceptors (Lipinski definition) is 4. The highest BCUT2D eigenvalue weighted by Gasteiger charge is 2.20.